The molecule has 0 radical (unpaired) electrons. The first-order valence-electron chi connectivity index (χ1n) is 5.47. The van der Waals surface area contributed by atoms with E-state index in [-0.39, 0.29) is 0 Å². The second-order valence-electron chi connectivity index (χ2n) is 3.79. The van der Waals surface area contributed by atoms with Gasteiger partial charge in [0, 0.05) is 12.8 Å². The molecule has 72 valence electrons. The average Bonchev–Trinajstić information content (AvgIpc) is 2.56. The SMILES string of the molecule is CCn1c[n+](CC)c2c1CCCC2. The maximum absolute atomic E-state index is 2.41. The highest BCUT2D eigenvalue weighted by molar-refractivity contribution is 5.11. The molecule has 1 aliphatic rings. The number of hydrogen-bond donors (Lipinski definition) is 0. The van der Waals surface area contributed by atoms with Crippen molar-refractivity contribution in [2.45, 2.75) is 52.6 Å². The van der Waals surface area contributed by atoms with Crippen LogP contribution in [-0.2, 0) is 25.9 Å². The van der Waals surface area contributed by atoms with Crippen molar-refractivity contribution in [1.82, 2.24) is 4.57 Å². The molecule has 0 aliphatic heterocycles. The minimum atomic E-state index is 1.12. The molecule has 1 aliphatic carbocycles. The highest BCUT2D eigenvalue weighted by Gasteiger charge is 2.23. The molecular formula is C11H19N2+. The van der Waals surface area contributed by atoms with Gasteiger partial charge in [0.1, 0.15) is 11.4 Å². The number of aromatic nitrogens is 2. The zero-order valence-electron chi connectivity index (χ0n) is 8.71. The molecule has 0 amide bonds. The largest absolute Gasteiger partial charge is 0.244 e. The Labute approximate surface area is 80.2 Å². The Kier molecular flexibility index (Phi) is 2.38. The van der Waals surface area contributed by atoms with Gasteiger partial charge in [0.25, 0.3) is 0 Å². The molecule has 1 heterocycles. The summed E-state index contributed by atoms with van der Waals surface area (Å²) in [5, 5.41) is 0. The first-order valence-corrected chi connectivity index (χ1v) is 5.47. The zero-order chi connectivity index (χ0) is 9.26. The van der Waals surface area contributed by atoms with Gasteiger partial charge in [-0.25, -0.2) is 9.13 Å². The van der Waals surface area contributed by atoms with Crippen LogP contribution < -0.4 is 4.57 Å². The van der Waals surface area contributed by atoms with Crippen LogP contribution in [0.5, 0.6) is 0 Å². The van der Waals surface area contributed by atoms with Crippen LogP contribution in [0.3, 0.4) is 0 Å². The predicted octanol–water partition coefficient (Wildman–Crippen LogP) is 1.69. The molecule has 13 heavy (non-hydrogen) atoms. The molecule has 1 aromatic rings. The third kappa shape index (κ3) is 1.38. The van der Waals surface area contributed by atoms with Crippen molar-refractivity contribution in [3.05, 3.63) is 17.7 Å². The lowest BCUT2D eigenvalue weighted by atomic mass is 10.0. The first kappa shape index (κ1) is 8.79. The van der Waals surface area contributed by atoms with Crippen LogP contribution in [0, 0.1) is 0 Å². The van der Waals surface area contributed by atoms with Crippen molar-refractivity contribution >= 4 is 0 Å². The summed E-state index contributed by atoms with van der Waals surface area (Å²) in [7, 11) is 0. The Hall–Kier alpha value is -0.790. The summed E-state index contributed by atoms with van der Waals surface area (Å²) >= 11 is 0. The Morgan fingerprint density at radius 2 is 2.08 bits per heavy atom. The first-order chi connectivity index (χ1) is 6.36. The third-order valence-electron chi connectivity index (χ3n) is 3.06. The summed E-state index contributed by atoms with van der Waals surface area (Å²) in [6.45, 7) is 6.70. The van der Waals surface area contributed by atoms with Gasteiger partial charge in [0.15, 0.2) is 0 Å². The summed E-state index contributed by atoms with van der Waals surface area (Å²) in [5.74, 6) is 0. The fourth-order valence-corrected chi connectivity index (χ4v) is 2.34. The molecule has 2 heteroatoms. The summed E-state index contributed by atoms with van der Waals surface area (Å²) in [6, 6.07) is 0. The van der Waals surface area contributed by atoms with Gasteiger partial charge >= 0.3 is 0 Å². The van der Waals surface area contributed by atoms with E-state index in [2.05, 4.69) is 29.3 Å². The Morgan fingerprint density at radius 1 is 1.31 bits per heavy atom. The number of nitrogens with zero attached hydrogens (tertiary/aromatic N) is 2. The van der Waals surface area contributed by atoms with Gasteiger partial charge in [0.05, 0.1) is 13.1 Å². The Balaban J connectivity index is 2.44. The van der Waals surface area contributed by atoms with Crippen LogP contribution in [0.15, 0.2) is 6.33 Å². The lowest BCUT2D eigenvalue weighted by Gasteiger charge is -2.08. The second kappa shape index (κ2) is 3.52. The molecule has 0 atom stereocenters. The molecule has 0 bridgehead atoms. The summed E-state index contributed by atoms with van der Waals surface area (Å²) in [5.41, 5.74) is 3.19. The second-order valence-corrected chi connectivity index (χ2v) is 3.79. The monoisotopic (exact) mass is 179 g/mol. The maximum atomic E-state index is 2.41. The van der Waals surface area contributed by atoms with Gasteiger partial charge in [-0.15, -0.1) is 0 Å². The maximum Gasteiger partial charge on any atom is 0.244 e. The minimum absolute atomic E-state index is 1.12. The molecule has 0 aromatic carbocycles. The van der Waals surface area contributed by atoms with Gasteiger partial charge in [0.2, 0.25) is 6.33 Å². The smallest absolute Gasteiger partial charge is 0.234 e. The van der Waals surface area contributed by atoms with Crippen LogP contribution in [0.25, 0.3) is 0 Å². The standard InChI is InChI=1S/C11H19N2/c1-3-12-9-13(4-2)11-8-6-5-7-10(11)12/h9H,3-8H2,1-2H3/q+1. The summed E-state index contributed by atoms with van der Waals surface area (Å²) < 4.78 is 4.83. The lowest BCUT2D eigenvalue weighted by molar-refractivity contribution is -0.700. The van der Waals surface area contributed by atoms with E-state index in [0.29, 0.717) is 0 Å². The van der Waals surface area contributed by atoms with Crippen molar-refractivity contribution in [2.75, 3.05) is 0 Å². The summed E-state index contributed by atoms with van der Waals surface area (Å²) in [6.07, 6.45) is 7.61. The van der Waals surface area contributed by atoms with E-state index in [0.717, 1.165) is 13.1 Å². The van der Waals surface area contributed by atoms with Crippen LogP contribution in [-0.4, -0.2) is 4.57 Å². The zero-order valence-corrected chi connectivity index (χ0v) is 8.71. The lowest BCUT2D eigenvalue weighted by Crippen LogP contribution is -2.35. The summed E-state index contributed by atoms with van der Waals surface area (Å²) in [4.78, 5) is 0. The van der Waals surface area contributed by atoms with Crippen LogP contribution in [0.2, 0.25) is 0 Å². The van der Waals surface area contributed by atoms with Crippen LogP contribution in [0.1, 0.15) is 38.1 Å². The van der Waals surface area contributed by atoms with Crippen molar-refractivity contribution in [2.24, 2.45) is 0 Å². The van der Waals surface area contributed by atoms with E-state index in [1.807, 2.05) is 0 Å². The number of imidazole rings is 1. The molecule has 1 aromatic heterocycles. The normalized spacial score (nSPS) is 15.8. The van der Waals surface area contributed by atoms with Gasteiger partial charge in [-0.1, -0.05) is 0 Å². The molecule has 0 saturated carbocycles. The van der Waals surface area contributed by atoms with Crippen LogP contribution in [0.4, 0.5) is 0 Å². The van der Waals surface area contributed by atoms with Gasteiger partial charge in [-0.2, -0.15) is 0 Å². The topological polar surface area (TPSA) is 8.81 Å². The van der Waals surface area contributed by atoms with E-state index in [4.69, 9.17) is 0 Å². The molecule has 0 saturated heterocycles. The van der Waals surface area contributed by atoms with E-state index >= 15 is 0 Å². The van der Waals surface area contributed by atoms with Crippen molar-refractivity contribution in [1.29, 1.82) is 0 Å². The molecular weight excluding hydrogens is 160 g/mol. The molecule has 2 nitrogen and oxygen atoms in total. The van der Waals surface area contributed by atoms with Gasteiger partial charge in [-0.3, -0.25) is 0 Å². The van der Waals surface area contributed by atoms with Gasteiger partial charge < -0.3 is 0 Å². The van der Waals surface area contributed by atoms with E-state index in [1.54, 1.807) is 11.4 Å². The van der Waals surface area contributed by atoms with Gasteiger partial charge in [-0.05, 0) is 26.7 Å². The van der Waals surface area contributed by atoms with Crippen LogP contribution >= 0.6 is 0 Å². The Bertz CT molecular complexity index is 271. The molecule has 0 unspecified atom stereocenters. The van der Waals surface area contributed by atoms with Crippen molar-refractivity contribution in [3.63, 3.8) is 0 Å². The minimum Gasteiger partial charge on any atom is -0.234 e. The molecule has 0 spiro atoms. The number of rotatable bonds is 2. The third-order valence-corrected chi connectivity index (χ3v) is 3.06. The van der Waals surface area contributed by atoms with E-state index in [9.17, 15) is 0 Å². The highest BCUT2D eigenvalue weighted by atomic mass is 15.1. The Morgan fingerprint density at radius 3 is 2.77 bits per heavy atom. The van der Waals surface area contributed by atoms with Crippen molar-refractivity contribution in [3.8, 4) is 0 Å². The number of hydrogen-bond acceptors (Lipinski definition) is 0. The molecule has 0 N–H and O–H groups in total. The molecule has 0 fully saturated rings. The van der Waals surface area contributed by atoms with E-state index in [1.165, 1.54) is 25.7 Å². The highest BCUT2D eigenvalue weighted by Crippen LogP contribution is 2.18. The van der Waals surface area contributed by atoms with Crippen molar-refractivity contribution < 1.29 is 4.57 Å². The number of fused-ring (bicyclic) bond motifs is 1. The average molecular weight is 179 g/mol. The fraction of sp³-hybridized carbons (Fsp3) is 0.727. The number of aryl methyl sites for hydroxylation is 2. The van der Waals surface area contributed by atoms with E-state index < -0.39 is 0 Å². The predicted molar refractivity (Wildman–Crippen MR) is 52.6 cm³/mol. The fourth-order valence-electron chi connectivity index (χ4n) is 2.34. The molecule has 2 rings (SSSR count). The quantitative estimate of drug-likeness (QED) is 0.611.